The van der Waals surface area contributed by atoms with Crippen molar-refractivity contribution in [2.24, 2.45) is 0 Å². The van der Waals surface area contributed by atoms with Crippen LogP contribution in [0.1, 0.15) is 32.1 Å². The molecule has 31 heavy (non-hydrogen) atoms. The minimum Gasteiger partial charge on any atom is -0.491 e. The molecule has 1 aliphatic carbocycles. The maximum absolute atomic E-state index is 12.4. The van der Waals surface area contributed by atoms with E-state index in [2.05, 4.69) is 5.32 Å². The number of nitrogens with one attached hydrogen (secondary N) is 1. The predicted molar refractivity (Wildman–Crippen MR) is 112 cm³/mol. The second-order valence-electron chi connectivity index (χ2n) is 8.76. The molecule has 1 spiro atoms. The topological polar surface area (TPSA) is 125 Å². The van der Waals surface area contributed by atoms with Crippen molar-refractivity contribution in [3.63, 3.8) is 0 Å². The van der Waals surface area contributed by atoms with Gasteiger partial charge in [-0.05, 0) is 50.3 Å². The summed E-state index contributed by atoms with van der Waals surface area (Å²) in [6, 6.07) is 6.53. The molecule has 1 unspecified atom stereocenters. The van der Waals surface area contributed by atoms with Gasteiger partial charge in [-0.1, -0.05) is 6.07 Å². The predicted octanol–water partition coefficient (Wildman–Crippen LogP) is 1.25. The lowest BCUT2D eigenvalue weighted by Crippen LogP contribution is -2.46. The van der Waals surface area contributed by atoms with Gasteiger partial charge in [0.2, 0.25) is 0 Å². The summed E-state index contributed by atoms with van der Waals surface area (Å²) in [4.78, 5) is 12.8. The van der Waals surface area contributed by atoms with Crippen LogP contribution in [0.3, 0.4) is 0 Å². The van der Waals surface area contributed by atoms with Gasteiger partial charge in [-0.25, -0.2) is 13.2 Å². The Kier molecular flexibility index (Phi) is 6.43. The van der Waals surface area contributed by atoms with E-state index in [-0.39, 0.29) is 28.4 Å². The van der Waals surface area contributed by atoms with Crippen molar-refractivity contribution in [3.8, 4) is 5.75 Å². The monoisotopic (exact) mass is 454 g/mol. The SMILES string of the molecule is O=C(O)N1CCC2(CC1)CC(NC[C@H](O)COc1cccc(S(=O)(=O)C3CC3)c1)CO2. The number of carbonyl (C=O) groups is 1. The van der Waals surface area contributed by atoms with Crippen LogP contribution in [-0.2, 0) is 14.6 Å². The minimum absolute atomic E-state index is 0.0478. The van der Waals surface area contributed by atoms with E-state index >= 15 is 0 Å². The van der Waals surface area contributed by atoms with E-state index in [1.807, 2.05) is 0 Å². The van der Waals surface area contributed by atoms with Gasteiger partial charge >= 0.3 is 6.09 Å². The van der Waals surface area contributed by atoms with Crippen LogP contribution in [0.15, 0.2) is 29.2 Å². The standard InChI is InChI=1S/C21H30N2O7S/c24-16(14-29-17-2-1-3-19(10-17)31(27,28)18-4-5-18)12-22-15-11-21(30-13-15)6-8-23(9-7-21)20(25)26/h1-3,10,15-16,18,22,24H,4-9,11-14H2,(H,25,26)/t15?,16-/m0/s1. The van der Waals surface area contributed by atoms with Gasteiger partial charge in [0.25, 0.3) is 0 Å². The van der Waals surface area contributed by atoms with Crippen LogP contribution in [0.5, 0.6) is 5.75 Å². The Hall–Kier alpha value is -1.88. The third kappa shape index (κ3) is 5.31. The summed E-state index contributed by atoms with van der Waals surface area (Å²) >= 11 is 0. The van der Waals surface area contributed by atoms with E-state index in [1.54, 1.807) is 18.2 Å². The van der Waals surface area contributed by atoms with E-state index in [0.717, 1.165) is 6.42 Å². The zero-order valence-electron chi connectivity index (χ0n) is 17.4. The fourth-order valence-electron chi connectivity index (χ4n) is 4.30. The molecule has 172 valence electrons. The molecule has 3 fully saturated rings. The van der Waals surface area contributed by atoms with Crippen LogP contribution in [0.25, 0.3) is 0 Å². The molecular formula is C21H30N2O7S. The second-order valence-corrected chi connectivity index (χ2v) is 11.0. The number of ether oxygens (including phenoxy) is 2. The van der Waals surface area contributed by atoms with Crippen LogP contribution in [0, 0.1) is 0 Å². The average Bonchev–Trinajstić information content (AvgIpc) is 3.55. The first-order valence-corrected chi connectivity index (χ1v) is 12.3. The van der Waals surface area contributed by atoms with Gasteiger partial charge in [0, 0.05) is 25.7 Å². The lowest BCUT2D eigenvalue weighted by molar-refractivity contribution is -0.0395. The Bertz CT molecular complexity index is 895. The minimum atomic E-state index is -3.27. The first kappa shape index (κ1) is 22.3. The maximum Gasteiger partial charge on any atom is 0.407 e. The molecule has 1 saturated carbocycles. The summed E-state index contributed by atoms with van der Waals surface area (Å²) in [5.41, 5.74) is -0.279. The normalized spacial score (nSPS) is 24.3. The number of amides is 1. The fraction of sp³-hybridized carbons (Fsp3) is 0.667. The number of likely N-dealkylation sites (tertiary alicyclic amines) is 1. The highest BCUT2D eigenvalue weighted by Crippen LogP contribution is 2.36. The van der Waals surface area contributed by atoms with Crippen molar-refractivity contribution < 1.29 is 32.9 Å². The lowest BCUT2D eigenvalue weighted by Gasteiger charge is -2.37. The largest absolute Gasteiger partial charge is 0.491 e. The van der Waals surface area contributed by atoms with Gasteiger partial charge in [-0.2, -0.15) is 0 Å². The van der Waals surface area contributed by atoms with Gasteiger partial charge in [0.15, 0.2) is 9.84 Å². The van der Waals surface area contributed by atoms with E-state index < -0.39 is 22.0 Å². The molecule has 4 rings (SSSR count). The van der Waals surface area contributed by atoms with Crippen LogP contribution < -0.4 is 10.1 Å². The Morgan fingerprint density at radius 3 is 2.74 bits per heavy atom. The van der Waals surface area contributed by atoms with Gasteiger partial charge in [-0.15, -0.1) is 0 Å². The molecule has 3 aliphatic rings. The zero-order chi connectivity index (χ0) is 22.1. The van der Waals surface area contributed by atoms with Gasteiger partial charge < -0.3 is 29.9 Å². The molecule has 2 aliphatic heterocycles. The Balaban J connectivity index is 1.20. The van der Waals surface area contributed by atoms with Crippen molar-refractivity contribution in [2.75, 3.05) is 32.8 Å². The number of rotatable bonds is 8. The van der Waals surface area contributed by atoms with Crippen molar-refractivity contribution in [1.82, 2.24) is 10.2 Å². The van der Waals surface area contributed by atoms with Crippen LogP contribution >= 0.6 is 0 Å². The van der Waals surface area contributed by atoms with Crippen molar-refractivity contribution >= 4 is 15.9 Å². The summed E-state index contributed by atoms with van der Waals surface area (Å²) in [6.07, 6.45) is 1.93. The van der Waals surface area contributed by atoms with Gasteiger partial charge in [0.05, 0.1) is 22.4 Å². The smallest absolute Gasteiger partial charge is 0.407 e. The van der Waals surface area contributed by atoms with E-state index in [0.29, 0.717) is 57.7 Å². The van der Waals surface area contributed by atoms with E-state index in [4.69, 9.17) is 14.6 Å². The number of benzene rings is 1. The molecule has 10 heteroatoms. The summed E-state index contributed by atoms with van der Waals surface area (Å²) < 4.78 is 36.3. The summed E-state index contributed by atoms with van der Waals surface area (Å²) in [6.45, 7) is 1.86. The molecule has 1 aromatic rings. The van der Waals surface area contributed by atoms with E-state index in [1.165, 1.54) is 11.0 Å². The first-order chi connectivity index (χ1) is 14.8. The summed E-state index contributed by atoms with van der Waals surface area (Å²) in [5, 5.41) is 22.4. The number of carboxylic acid groups (broad SMARTS) is 1. The van der Waals surface area contributed by atoms with E-state index in [9.17, 15) is 18.3 Å². The number of hydrogen-bond donors (Lipinski definition) is 3. The Labute approximate surface area is 182 Å². The number of aliphatic hydroxyl groups excluding tert-OH is 1. The van der Waals surface area contributed by atoms with Crippen molar-refractivity contribution in [1.29, 1.82) is 0 Å². The number of aliphatic hydroxyl groups is 1. The number of nitrogens with zero attached hydrogens (tertiary/aromatic N) is 1. The highest BCUT2D eigenvalue weighted by molar-refractivity contribution is 7.92. The molecule has 3 N–H and O–H groups in total. The third-order valence-corrected chi connectivity index (χ3v) is 8.60. The number of hydrogen-bond acceptors (Lipinski definition) is 7. The maximum atomic E-state index is 12.4. The zero-order valence-corrected chi connectivity index (χ0v) is 18.2. The first-order valence-electron chi connectivity index (χ1n) is 10.8. The van der Waals surface area contributed by atoms with Gasteiger partial charge in [-0.3, -0.25) is 0 Å². The summed E-state index contributed by atoms with van der Waals surface area (Å²) in [5.74, 6) is 0.425. The Morgan fingerprint density at radius 1 is 1.32 bits per heavy atom. The fourth-order valence-corrected chi connectivity index (χ4v) is 5.99. The second kappa shape index (κ2) is 8.93. The third-order valence-electron chi connectivity index (χ3n) is 6.34. The molecule has 1 aromatic carbocycles. The molecule has 0 bridgehead atoms. The van der Waals surface area contributed by atoms with Gasteiger partial charge in [0.1, 0.15) is 18.5 Å². The molecule has 0 aromatic heterocycles. The highest BCUT2D eigenvalue weighted by atomic mass is 32.2. The summed E-state index contributed by atoms with van der Waals surface area (Å²) in [7, 11) is -3.27. The molecule has 0 radical (unpaired) electrons. The number of sulfone groups is 1. The Morgan fingerprint density at radius 2 is 2.06 bits per heavy atom. The average molecular weight is 455 g/mol. The highest BCUT2D eigenvalue weighted by Gasteiger charge is 2.43. The lowest BCUT2D eigenvalue weighted by atomic mass is 9.87. The van der Waals surface area contributed by atoms with Crippen LogP contribution in [0.4, 0.5) is 4.79 Å². The molecule has 2 atom stereocenters. The molecule has 2 saturated heterocycles. The quantitative estimate of drug-likeness (QED) is 0.536. The molecule has 1 amide bonds. The van der Waals surface area contributed by atoms with Crippen molar-refractivity contribution in [3.05, 3.63) is 24.3 Å². The van der Waals surface area contributed by atoms with Crippen LogP contribution in [0.2, 0.25) is 0 Å². The molecular weight excluding hydrogens is 424 g/mol. The van der Waals surface area contributed by atoms with Crippen LogP contribution in [-0.4, -0.2) is 85.5 Å². The number of piperidine rings is 1. The molecule has 9 nitrogen and oxygen atoms in total. The molecule has 2 heterocycles. The van der Waals surface area contributed by atoms with Crippen molar-refractivity contribution in [2.45, 2.75) is 60.0 Å².